The van der Waals surface area contributed by atoms with Crippen molar-refractivity contribution in [3.05, 3.63) is 82.9 Å². The Morgan fingerprint density at radius 2 is 1.50 bits per heavy atom. The molecule has 1 N–H and O–H groups in total. The van der Waals surface area contributed by atoms with Crippen LogP contribution in [0.3, 0.4) is 0 Å². The molecule has 0 aliphatic rings. The number of rotatable bonds is 4. The zero-order valence-electron chi connectivity index (χ0n) is 11.1. The Labute approximate surface area is 124 Å². The molecular formula is C18H16ClN. The van der Waals surface area contributed by atoms with Crippen LogP contribution in [0, 0.1) is 0 Å². The maximum absolute atomic E-state index is 5.89. The quantitative estimate of drug-likeness (QED) is 0.725. The fourth-order valence-electron chi connectivity index (χ4n) is 2.39. The van der Waals surface area contributed by atoms with Crippen molar-refractivity contribution in [1.29, 1.82) is 0 Å². The number of hydrogen-bond donors (Lipinski definition) is 1. The van der Waals surface area contributed by atoms with E-state index in [1.807, 2.05) is 12.1 Å². The minimum absolute atomic E-state index is 0.780. The van der Waals surface area contributed by atoms with Gasteiger partial charge in [-0.1, -0.05) is 66.2 Å². The van der Waals surface area contributed by atoms with E-state index in [0.717, 1.165) is 18.1 Å². The maximum atomic E-state index is 5.89. The van der Waals surface area contributed by atoms with Crippen LogP contribution in [-0.4, -0.2) is 0 Å². The highest BCUT2D eigenvalue weighted by Gasteiger charge is 2.00. The first-order valence-corrected chi connectivity index (χ1v) is 7.12. The number of benzene rings is 3. The van der Waals surface area contributed by atoms with Crippen molar-refractivity contribution in [3.8, 4) is 0 Å². The molecule has 100 valence electrons. The van der Waals surface area contributed by atoms with E-state index in [0.29, 0.717) is 0 Å². The molecule has 0 atom stereocenters. The van der Waals surface area contributed by atoms with Crippen molar-refractivity contribution in [3.63, 3.8) is 0 Å². The topological polar surface area (TPSA) is 12.0 Å². The summed E-state index contributed by atoms with van der Waals surface area (Å²) in [6.45, 7) is 1.71. The van der Waals surface area contributed by atoms with Crippen molar-refractivity contribution in [2.24, 2.45) is 0 Å². The lowest BCUT2D eigenvalue weighted by atomic mass is 10.0. The molecule has 20 heavy (non-hydrogen) atoms. The van der Waals surface area contributed by atoms with Gasteiger partial charge in [0.15, 0.2) is 0 Å². The Morgan fingerprint density at radius 1 is 0.750 bits per heavy atom. The van der Waals surface area contributed by atoms with Gasteiger partial charge in [0, 0.05) is 18.1 Å². The van der Waals surface area contributed by atoms with Gasteiger partial charge in [-0.15, -0.1) is 0 Å². The Kier molecular flexibility index (Phi) is 4.00. The van der Waals surface area contributed by atoms with Crippen LogP contribution in [0.4, 0.5) is 0 Å². The summed E-state index contributed by atoms with van der Waals surface area (Å²) < 4.78 is 0. The summed E-state index contributed by atoms with van der Waals surface area (Å²) in [4.78, 5) is 0. The average molecular weight is 282 g/mol. The van der Waals surface area contributed by atoms with Crippen molar-refractivity contribution < 1.29 is 0 Å². The Hall–Kier alpha value is -1.83. The molecular weight excluding hydrogens is 266 g/mol. The lowest BCUT2D eigenvalue weighted by Gasteiger charge is -2.08. The molecule has 1 nitrogen and oxygen atoms in total. The molecule has 3 rings (SSSR count). The van der Waals surface area contributed by atoms with Gasteiger partial charge in [-0.25, -0.2) is 0 Å². The number of halogens is 1. The summed E-state index contributed by atoms with van der Waals surface area (Å²) in [5.41, 5.74) is 2.58. The second-order valence-electron chi connectivity index (χ2n) is 4.87. The van der Waals surface area contributed by atoms with Gasteiger partial charge < -0.3 is 5.32 Å². The monoisotopic (exact) mass is 281 g/mol. The molecule has 0 bridgehead atoms. The van der Waals surface area contributed by atoms with Crippen molar-refractivity contribution in [1.82, 2.24) is 5.32 Å². The van der Waals surface area contributed by atoms with E-state index >= 15 is 0 Å². The van der Waals surface area contributed by atoms with Gasteiger partial charge in [0.2, 0.25) is 0 Å². The van der Waals surface area contributed by atoms with E-state index in [4.69, 9.17) is 11.6 Å². The number of hydrogen-bond acceptors (Lipinski definition) is 1. The normalized spacial score (nSPS) is 10.8. The third-order valence-electron chi connectivity index (χ3n) is 3.44. The highest BCUT2D eigenvalue weighted by molar-refractivity contribution is 6.30. The first-order chi connectivity index (χ1) is 9.83. The predicted molar refractivity (Wildman–Crippen MR) is 85.9 cm³/mol. The summed E-state index contributed by atoms with van der Waals surface area (Å²) >= 11 is 5.89. The Bertz CT molecular complexity index is 699. The minimum Gasteiger partial charge on any atom is -0.309 e. The molecule has 0 aliphatic heterocycles. The summed E-state index contributed by atoms with van der Waals surface area (Å²) in [5.74, 6) is 0. The molecule has 0 heterocycles. The molecule has 0 radical (unpaired) electrons. The summed E-state index contributed by atoms with van der Waals surface area (Å²) in [7, 11) is 0. The van der Waals surface area contributed by atoms with Crippen LogP contribution >= 0.6 is 11.6 Å². The van der Waals surface area contributed by atoms with Crippen LogP contribution in [0.15, 0.2) is 66.7 Å². The summed E-state index contributed by atoms with van der Waals surface area (Å²) in [6, 6.07) is 22.9. The minimum atomic E-state index is 0.780. The molecule has 3 aromatic rings. The van der Waals surface area contributed by atoms with Gasteiger partial charge in [0.1, 0.15) is 0 Å². The second kappa shape index (κ2) is 6.08. The summed E-state index contributed by atoms with van der Waals surface area (Å²) in [6.07, 6.45) is 0. The summed E-state index contributed by atoms with van der Waals surface area (Å²) in [5, 5.41) is 6.88. The zero-order valence-corrected chi connectivity index (χ0v) is 11.9. The van der Waals surface area contributed by atoms with Gasteiger partial charge >= 0.3 is 0 Å². The lowest BCUT2D eigenvalue weighted by Crippen LogP contribution is -2.12. The van der Waals surface area contributed by atoms with Crippen LogP contribution < -0.4 is 5.32 Å². The molecule has 0 saturated carbocycles. The van der Waals surface area contributed by atoms with E-state index in [1.165, 1.54) is 21.9 Å². The SMILES string of the molecule is Clc1ccc(CNCc2cccc3ccccc23)cc1. The molecule has 0 fully saturated rings. The van der Waals surface area contributed by atoms with Gasteiger partial charge in [0.25, 0.3) is 0 Å². The number of fused-ring (bicyclic) bond motifs is 1. The highest BCUT2D eigenvalue weighted by Crippen LogP contribution is 2.18. The van der Waals surface area contributed by atoms with Crippen LogP contribution in [0.5, 0.6) is 0 Å². The lowest BCUT2D eigenvalue weighted by molar-refractivity contribution is 0.696. The predicted octanol–water partition coefficient (Wildman–Crippen LogP) is 4.78. The van der Waals surface area contributed by atoms with E-state index in [-0.39, 0.29) is 0 Å². The van der Waals surface area contributed by atoms with E-state index in [9.17, 15) is 0 Å². The smallest absolute Gasteiger partial charge is 0.0406 e. The molecule has 0 aliphatic carbocycles. The highest BCUT2D eigenvalue weighted by atomic mass is 35.5. The standard InChI is InChI=1S/C18H16ClN/c19-17-10-8-14(9-11-17)12-20-13-16-6-3-5-15-4-1-2-7-18(15)16/h1-11,20H,12-13H2. The first-order valence-electron chi connectivity index (χ1n) is 6.75. The van der Waals surface area contributed by atoms with Gasteiger partial charge in [0.05, 0.1) is 0 Å². The van der Waals surface area contributed by atoms with E-state index in [1.54, 1.807) is 0 Å². The second-order valence-corrected chi connectivity index (χ2v) is 5.30. The van der Waals surface area contributed by atoms with Gasteiger partial charge in [-0.3, -0.25) is 0 Å². The van der Waals surface area contributed by atoms with Crippen molar-refractivity contribution in [2.45, 2.75) is 13.1 Å². The average Bonchev–Trinajstić information content (AvgIpc) is 2.49. The molecule has 3 aromatic carbocycles. The largest absolute Gasteiger partial charge is 0.309 e. The van der Waals surface area contributed by atoms with E-state index in [2.05, 4.69) is 59.9 Å². The maximum Gasteiger partial charge on any atom is 0.0406 e. The molecule has 0 unspecified atom stereocenters. The third kappa shape index (κ3) is 3.01. The molecule has 0 spiro atoms. The third-order valence-corrected chi connectivity index (χ3v) is 3.69. The van der Waals surface area contributed by atoms with Gasteiger partial charge in [-0.05, 0) is 34.0 Å². The molecule has 2 heteroatoms. The van der Waals surface area contributed by atoms with Crippen molar-refractivity contribution >= 4 is 22.4 Å². The number of nitrogens with one attached hydrogen (secondary N) is 1. The zero-order chi connectivity index (χ0) is 13.8. The molecule has 0 amide bonds. The Morgan fingerprint density at radius 3 is 2.35 bits per heavy atom. The van der Waals surface area contributed by atoms with E-state index < -0.39 is 0 Å². The Balaban J connectivity index is 1.69. The molecule has 0 saturated heterocycles. The van der Waals surface area contributed by atoms with Crippen LogP contribution in [0.25, 0.3) is 10.8 Å². The van der Waals surface area contributed by atoms with Crippen molar-refractivity contribution in [2.75, 3.05) is 0 Å². The first kappa shape index (κ1) is 13.2. The van der Waals surface area contributed by atoms with Gasteiger partial charge in [-0.2, -0.15) is 0 Å². The fourth-order valence-corrected chi connectivity index (χ4v) is 2.52. The van der Waals surface area contributed by atoms with Crippen LogP contribution in [0.2, 0.25) is 5.02 Å². The fraction of sp³-hybridized carbons (Fsp3) is 0.111. The molecule has 0 aromatic heterocycles. The van der Waals surface area contributed by atoms with Crippen LogP contribution in [0.1, 0.15) is 11.1 Å². The van der Waals surface area contributed by atoms with Crippen LogP contribution in [-0.2, 0) is 13.1 Å².